The third-order valence-corrected chi connectivity index (χ3v) is 3.65. The molecule has 0 rings (SSSR count). The largest absolute Gasteiger partial charge is 0.327 e. The van der Waals surface area contributed by atoms with Crippen molar-refractivity contribution in [2.24, 2.45) is 5.73 Å². The topological polar surface area (TPSA) is 26.0 Å². The summed E-state index contributed by atoms with van der Waals surface area (Å²) in [6, 6.07) is 0.409. The molecule has 0 spiro atoms. The minimum atomic E-state index is 0.409. The number of halogens is 1. The Hall–Kier alpha value is 0.690. The van der Waals surface area contributed by atoms with Crippen molar-refractivity contribution in [3.63, 3.8) is 0 Å². The molecule has 0 heterocycles. The Morgan fingerprint density at radius 2 is 1.50 bits per heavy atom. The second kappa shape index (κ2) is 10.2. The van der Waals surface area contributed by atoms with E-state index in [-0.39, 0.29) is 0 Å². The van der Waals surface area contributed by atoms with Crippen LogP contribution in [0.15, 0.2) is 0 Å². The molecule has 2 N–H and O–H groups in total. The van der Waals surface area contributed by atoms with E-state index in [1.54, 1.807) is 0 Å². The van der Waals surface area contributed by atoms with E-state index in [1.807, 2.05) is 0 Å². The number of hydrogen-bond acceptors (Lipinski definition) is 1. The molecule has 0 aromatic heterocycles. The molecule has 0 aliphatic heterocycles. The van der Waals surface area contributed by atoms with Gasteiger partial charge in [-0.2, -0.15) is 0 Å². The second-order valence-electron chi connectivity index (χ2n) is 4.25. The van der Waals surface area contributed by atoms with E-state index < -0.39 is 0 Å². The van der Waals surface area contributed by atoms with Gasteiger partial charge in [-0.1, -0.05) is 81.4 Å². The molecule has 0 saturated heterocycles. The van der Waals surface area contributed by atoms with Crippen molar-refractivity contribution in [2.75, 3.05) is 0 Å². The summed E-state index contributed by atoms with van der Waals surface area (Å²) in [6.45, 7) is 4.47. The molecule has 14 heavy (non-hydrogen) atoms. The second-order valence-corrected chi connectivity index (χ2v) is 6.22. The van der Waals surface area contributed by atoms with Gasteiger partial charge in [0, 0.05) is 9.97 Å². The van der Waals surface area contributed by atoms with Crippen LogP contribution in [-0.2, 0) is 0 Å². The van der Waals surface area contributed by atoms with Gasteiger partial charge in [-0.05, 0) is 6.42 Å². The van der Waals surface area contributed by atoms with Crippen LogP contribution >= 0.6 is 22.6 Å². The third kappa shape index (κ3) is 9.25. The van der Waals surface area contributed by atoms with Crippen molar-refractivity contribution in [3.8, 4) is 0 Å². The van der Waals surface area contributed by atoms with E-state index in [4.69, 9.17) is 5.73 Å². The maximum absolute atomic E-state index is 5.97. The number of alkyl halides is 1. The first-order valence-corrected chi connectivity index (χ1v) is 7.32. The zero-order valence-corrected chi connectivity index (χ0v) is 11.9. The van der Waals surface area contributed by atoms with Gasteiger partial charge in [0.15, 0.2) is 0 Å². The summed E-state index contributed by atoms with van der Waals surface area (Å²) in [5.74, 6) is 0. The fraction of sp³-hybridized carbons (Fsp3) is 1.00. The molecule has 0 bridgehead atoms. The van der Waals surface area contributed by atoms with Crippen LogP contribution in [0.3, 0.4) is 0 Å². The summed E-state index contributed by atoms with van der Waals surface area (Å²) < 4.78 is 0.618. The summed E-state index contributed by atoms with van der Waals surface area (Å²) in [5.41, 5.74) is 5.97. The lowest BCUT2D eigenvalue weighted by Crippen LogP contribution is -2.27. The van der Waals surface area contributed by atoms with Crippen molar-refractivity contribution in [2.45, 2.75) is 75.2 Å². The monoisotopic (exact) mass is 311 g/mol. The quantitative estimate of drug-likeness (QED) is 0.384. The highest BCUT2D eigenvalue weighted by Gasteiger charge is 2.07. The number of rotatable bonds is 9. The molecule has 0 aliphatic rings. The van der Waals surface area contributed by atoms with Crippen LogP contribution in [-0.4, -0.2) is 9.97 Å². The molecule has 2 atom stereocenters. The zero-order chi connectivity index (χ0) is 10.8. The maximum atomic E-state index is 5.97. The molecule has 0 fully saturated rings. The van der Waals surface area contributed by atoms with Gasteiger partial charge >= 0.3 is 0 Å². The Balaban J connectivity index is 3.06. The van der Waals surface area contributed by atoms with E-state index in [2.05, 4.69) is 36.4 Å². The Bertz CT molecular complexity index is 115. The first kappa shape index (κ1) is 14.7. The molecule has 0 amide bonds. The van der Waals surface area contributed by atoms with Crippen molar-refractivity contribution < 1.29 is 0 Å². The first-order valence-electron chi connectivity index (χ1n) is 6.08. The van der Waals surface area contributed by atoms with Crippen LogP contribution in [0.5, 0.6) is 0 Å². The first-order chi connectivity index (χ1) is 6.68. The summed E-state index contributed by atoms with van der Waals surface area (Å²) in [4.78, 5) is 0. The van der Waals surface area contributed by atoms with Crippen molar-refractivity contribution >= 4 is 22.6 Å². The summed E-state index contributed by atoms with van der Waals surface area (Å²) in [7, 11) is 0. The lowest BCUT2D eigenvalue weighted by Gasteiger charge is -2.13. The standard InChI is InChI=1S/C12H26IN/c1-3-4-5-6-7-8-9-10-12(14)11(2)13/h11-12H,3-10,14H2,1-2H3. The van der Waals surface area contributed by atoms with Gasteiger partial charge in [-0.3, -0.25) is 0 Å². The smallest absolute Gasteiger partial charge is 0.0233 e. The molecule has 2 heteroatoms. The molecule has 0 radical (unpaired) electrons. The Morgan fingerprint density at radius 3 is 2.00 bits per heavy atom. The van der Waals surface area contributed by atoms with Gasteiger partial charge in [0.1, 0.15) is 0 Å². The van der Waals surface area contributed by atoms with Crippen LogP contribution in [0.4, 0.5) is 0 Å². The molecule has 0 aliphatic carbocycles. The van der Waals surface area contributed by atoms with Crippen LogP contribution < -0.4 is 5.73 Å². The molecular weight excluding hydrogens is 285 g/mol. The van der Waals surface area contributed by atoms with Crippen molar-refractivity contribution in [3.05, 3.63) is 0 Å². The minimum Gasteiger partial charge on any atom is -0.327 e. The fourth-order valence-corrected chi connectivity index (χ4v) is 1.93. The highest BCUT2D eigenvalue weighted by Crippen LogP contribution is 2.13. The molecular formula is C12H26IN. The lowest BCUT2D eigenvalue weighted by molar-refractivity contribution is 0.532. The van der Waals surface area contributed by atoms with Crippen LogP contribution in [0.2, 0.25) is 0 Å². The zero-order valence-electron chi connectivity index (χ0n) is 9.77. The number of unbranched alkanes of at least 4 members (excludes halogenated alkanes) is 6. The number of nitrogens with two attached hydrogens (primary N) is 1. The highest BCUT2D eigenvalue weighted by atomic mass is 127. The fourth-order valence-electron chi connectivity index (χ4n) is 1.57. The van der Waals surface area contributed by atoms with Crippen molar-refractivity contribution in [1.29, 1.82) is 0 Å². The van der Waals surface area contributed by atoms with Gasteiger partial charge in [0.2, 0.25) is 0 Å². The molecule has 0 aromatic carbocycles. The molecule has 0 aromatic rings. The van der Waals surface area contributed by atoms with Gasteiger partial charge in [0.05, 0.1) is 0 Å². The average Bonchev–Trinajstić information content (AvgIpc) is 2.16. The van der Waals surface area contributed by atoms with Crippen LogP contribution in [0.1, 0.15) is 65.2 Å². The Labute approximate surface area is 103 Å². The predicted molar refractivity (Wildman–Crippen MR) is 74.1 cm³/mol. The van der Waals surface area contributed by atoms with Crippen LogP contribution in [0, 0.1) is 0 Å². The maximum Gasteiger partial charge on any atom is 0.0233 e. The highest BCUT2D eigenvalue weighted by molar-refractivity contribution is 14.1. The summed E-state index contributed by atoms with van der Waals surface area (Å²) in [6.07, 6.45) is 10.9. The SMILES string of the molecule is CCCCCCCCCC(N)C(C)I. The van der Waals surface area contributed by atoms with Crippen LogP contribution in [0.25, 0.3) is 0 Å². The van der Waals surface area contributed by atoms with Gasteiger partial charge < -0.3 is 5.73 Å². The average molecular weight is 311 g/mol. The van der Waals surface area contributed by atoms with E-state index in [0.29, 0.717) is 9.97 Å². The Kier molecular flexibility index (Phi) is 10.7. The number of hydrogen-bond donors (Lipinski definition) is 1. The van der Waals surface area contributed by atoms with E-state index in [0.717, 1.165) is 0 Å². The molecule has 86 valence electrons. The van der Waals surface area contributed by atoms with Crippen molar-refractivity contribution in [1.82, 2.24) is 0 Å². The molecule has 1 nitrogen and oxygen atoms in total. The molecule has 2 unspecified atom stereocenters. The summed E-state index contributed by atoms with van der Waals surface area (Å²) in [5, 5.41) is 0. The predicted octanol–water partition coefficient (Wildman–Crippen LogP) is 4.28. The summed E-state index contributed by atoms with van der Waals surface area (Å²) >= 11 is 2.42. The van der Waals surface area contributed by atoms with E-state index in [1.165, 1.54) is 51.4 Å². The van der Waals surface area contributed by atoms with E-state index in [9.17, 15) is 0 Å². The van der Waals surface area contributed by atoms with Gasteiger partial charge in [0.25, 0.3) is 0 Å². The normalized spacial score (nSPS) is 15.4. The third-order valence-electron chi connectivity index (χ3n) is 2.73. The van der Waals surface area contributed by atoms with E-state index >= 15 is 0 Å². The lowest BCUT2D eigenvalue weighted by atomic mass is 10.0. The Morgan fingerprint density at radius 1 is 1.00 bits per heavy atom. The van der Waals surface area contributed by atoms with Gasteiger partial charge in [-0.25, -0.2) is 0 Å². The van der Waals surface area contributed by atoms with Gasteiger partial charge in [-0.15, -0.1) is 0 Å². The molecule has 0 saturated carbocycles. The minimum absolute atomic E-state index is 0.409.